The summed E-state index contributed by atoms with van der Waals surface area (Å²) in [5.74, 6) is 0. The predicted octanol–water partition coefficient (Wildman–Crippen LogP) is 1.86. The molecule has 0 aliphatic heterocycles. The largest absolute Gasteiger partial charge is 0.389 e. The molecule has 0 aromatic carbocycles. The molecule has 0 aliphatic carbocycles. The molecule has 2 nitrogen and oxygen atoms in total. The second kappa shape index (κ2) is 3.74. The molecule has 11 heavy (non-hydrogen) atoms. The van der Waals surface area contributed by atoms with E-state index in [-0.39, 0.29) is 0 Å². The third kappa shape index (κ3) is 2.20. The van der Waals surface area contributed by atoms with Gasteiger partial charge < -0.3 is 5.11 Å². The average molecular weight is 169 g/mol. The van der Waals surface area contributed by atoms with Crippen molar-refractivity contribution in [3.8, 4) is 0 Å². The van der Waals surface area contributed by atoms with Gasteiger partial charge in [0.05, 0.1) is 11.1 Å². The summed E-state index contributed by atoms with van der Waals surface area (Å²) in [6, 6.07) is 3.80. The minimum atomic E-state index is -0.418. The van der Waals surface area contributed by atoms with E-state index in [1.54, 1.807) is 24.9 Å². The molecule has 1 heterocycles. The van der Waals surface area contributed by atoms with Crippen LogP contribution in [0.5, 0.6) is 0 Å². The third-order valence-corrected chi connectivity index (χ3v) is 2.11. The summed E-state index contributed by atoms with van der Waals surface area (Å²) in [5.41, 5.74) is 0.864. The molecule has 1 aromatic rings. The first kappa shape index (κ1) is 8.56. The Labute approximate surface area is 70.7 Å². The van der Waals surface area contributed by atoms with Crippen LogP contribution in [0.25, 0.3) is 0 Å². The number of pyridine rings is 1. The number of rotatable bonds is 2. The Morgan fingerprint density at radius 2 is 2.27 bits per heavy atom. The van der Waals surface area contributed by atoms with Crippen LogP contribution in [0.2, 0.25) is 0 Å². The number of aliphatic hydroxyl groups is 1. The molecule has 60 valence electrons. The zero-order valence-corrected chi connectivity index (χ0v) is 7.43. The minimum Gasteiger partial charge on any atom is -0.389 e. The molecule has 1 rings (SSSR count). The molecule has 3 heteroatoms. The Morgan fingerprint density at radius 1 is 1.55 bits per heavy atom. The molecule has 0 saturated carbocycles. The van der Waals surface area contributed by atoms with Gasteiger partial charge in [0.1, 0.15) is 0 Å². The van der Waals surface area contributed by atoms with Crippen molar-refractivity contribution in [2.45, 2.75) is 18.1 Å². The molecule has 0 fully saturated rings. The van der Waals surface area contributed by atoms with Crippen LogP contribution in [0.3, 0.4) is 0 Å². The summed E-state index contributed by atoms with van der Waals surface area (Å²) in [6.45, 7) is 1.73. The summed E-state index contributed by atoms with van der Waals surface area (Å²) < 4.78 is 0. The van der Waals surface area contributed by atoms with Crippen molar-refractivity contribution in [2.24, 2.45) is 0 Å². The van der Waals surface area contributed by atoms with Crippen LogP contribution in [0.4, 0.5) is 0 Å². The van der Waals surface area contributed by atoms with Gasteiger partial charge >= 0.3 is 0 Å². The molecular weight excluding hydrogens is 158 g/mol. The topological polar surface area (TPSA) is 33.1 Å². The van der Waals surface area contributed by atoms with E-state index >= 15 is 0 Å². The normalized spacial score (nSPS) is 13.0. The molecule has 0 aliphatic rings. The third-order valence-electron chi connectivity index (χ3n) is 1.45. The van der Waals surface area contributed by atoms with E-state index in [4.69, 9.17) is 5.11 Å². The maximum atomic E-state index is 9.14. The highest BCUT2D eigenvalue weighted by molar-refractivity contribution is 7.98. The van der Waals surface area contributed by atoms with Gasteiger partial charge in [0.2, 0.25) is 0 Å². The highest BCUT2D eigenvalue weighted by atomic mass is 32.2. The number of nitrogens with zero attached hydrogens (tertiary/aromatic N) is 1. The van der Waals surface area contributed by atoms with Crippen LogP contribution < -0.4 is 0 Å². The van der Waals surface area contributed by atoms with Gasteiger partial charge in [0.25, 0.3) is 0 Å². The first-order chi connectivity index (χ1) is 5.24. The van der Waals surface area contributed by atoms with Crippen LogP contribution in [0.1, 0.15) is 18.6 Å². The van der Waals surface area contributed by atoms with E-state index in [2.05, 4.69) is 4.98 Å². The Hall–Kier alpha value is -0.540. The minimum absolute atomic E-state index is 0.418. The molecule has 1 aromatic heterocycles. The molecule has 0 bridgehead atoms. The van der Waals surface area contributed by atoms with Crippen LogP contribution in [-0.2, 0) is 0 Å². The first-order valence-corrected chi connectivity index (χ1v) is 4.64. The van der Waals surface area contributed by atoms with Crippen LogP contribution in [0.15, 0.2) is 23.4 Å². The lowest BCUT2D eigenvalue weighted by atomic mass is 10.2. The smallest absolute Gasteiger partial charge is 0.0957 e. The number of hydrogen-bond donors (Lipinski definition) is 1. The van der Waals surface area contributed by atoms with Gasteiger partial charge in [-0.15, -0.1) is 11.8 Å². The van der Waals surface area contributed by atoms with E-state index < -0.39 is 6.10 Å². The maximum absolute atomic E-state index is 9.14. The molecular formula is C8H11NOS. The predicted molar refractivity (Wildman–Crippen MR) is 46.7 cm³/mol. The van der Waals surface area contributed by atoms with Gasteiger partial charge in [-0.05, 0) is 24.8 Å². The van der Waals surface area contributed by atoms with E-state index in [1.807, 2.05) is 18.4 Å². The quantitative estimate of drug-likeness (QED) is 0.686. The summed E-state index contributed by atoms with van der Waals surface area (Å²) in [6.07, 6.45) is 3.26. The van der Waals surface area contributed by atoms with Crippen LogP contribution in [0, 0.1) is 0 Å². The molecule has 0 unspecified atom stereocenters. The van der Waals surface area contributed by atoms with Gasteiger partial charge in [-0.25, -0.2) is 4.98 Å². The number of thioether (sulfide) groups is 1. The second-order valence-electron chi connectivity index (χ2n) is 2.31. The van der Waals surface area contributed by atoms with Crippen LogP contribution >= 0.6 is 11.8 Å². The summed E-state index contributed by atoms with van der Waals surface area (Å²) in [7, 11) is 0. The van der Waals surface area contributed by atoms with Crippen molar-refractivity contribution in [3.05, 3.63) is 23.9 Å². The summed E-state index contributed by atoms with van der Waals surface area (Å²) >= 11 is 1.60. The molecule has 1 N–H and O–H groups in total. The van der Waals surface area contributed by atoms with E-state index in [9.17, 15) is 0 Å². The Morgan fingerprint density at radius 3 is 2.64 bits per heavy atom. The molecule has 0 amide bonds. The lowest BCUT2D eigenvalue weighted by Crippen LogP contribution is -1.91. The van der Waals surface area contributed by atoms with Gasteiger partial charge in [-0.3, -0.25) is 0 Å². The van der Waals surface area contributed by atoms with Gasteiger partial charge in [-0.1, -0.05) is 6.07 Å². The van der Waals surface area contributed by atoms with Crippen LogP contribution in [-0.4, -0.2) is 16.3 Å². The van der Waals surface area contributed by atoms with Gasteiger partial charge in [0.15, 0.2) is 0 Å². The molecule has 0 saturated heterocycles. The van der Waals surface area contributed by atoms with Crippen molar-refractivity contribution >= 4 is 11.8 Å². The summed E-state index contributed by atoms with van der Waals surface area (Å²) in [4.78, 5) is 4.12. The molecule has 0 spiro atoms. The van der Waals surface area contributed by atoms with E-state index in [0.717, 1.165) is 10.6 Å². The zero-order chi connectivity index (χ0) is 8.27. The maximum Gasteiger partial charge on any atom is 0.0957 e. The number of hydrogen-bond acceptors (Lipinski definition) is 3. The van der Waals surface area contributed by atoms with Crippen molar-refractivity contribution < 1.29 is 5.11 Å². The van der Waals surface area contributed by atoms with E-state index in [1.165, 1.54) is 0 Å². The number of aliphatic hydroxyl groups excluding tert-OH is 1. The Balaban J connectivity index is 2.83. The van der Waals surface area contributed by atoms with Gasteiger partial charge in [-0.2, -0.15) is 0 Å². The Bertz CT molecular complexity index is 220. The first-order valence-electron chi connectivity index (χ1n) is 3.42. The standard InChI is InChI=1S/C8H11NOS/c1-6(10)7-3-4-8(11-2)9-5-7/h3-6,10H,1-2H3/t6-/m1/s1. The monoisotopic (exact) mass is 169 g/mol. The number of aromatic nitrogens is 1. The highest BCUT2D eigenvalue weighted by Gasteiger charge is 1.99. The SMILES string of the molecule is CSc1ccc([C@@H](C)O)cn1. The molecule has 1 atom stereocenters. The second-order valence-corrected chi connectivity index (χ2v) is 3.14. The van der Waals surface area contributed by atoms with E-state index in [0.29, 0.717) is 0 Å². The fourth-order valence-electron chi connectivity index (χ4n) is 0.760. The fourth-order valence-corrected chi connectivity index (χ4v) is 1.12. The molecule has 0 radical (unpaired) electrons. The average Bonchev–Trinajstić information content (AvgIpc) is 2.05. The summed E-state index contributed by atoms with van der Waals surface area (Å²) in [5, 5.41) is 10.1. The van der Waals surface area contributed by atoms with Gasteiger partial charge in [0, 0.05) is 6.20 Å². The zero-order valence-electron chi connectivity index (χ0n) is 6.61. The fraction of sp³-hybridized carbons (Fsp3) is 0.375. The van der Waals surface area contributed by atoms with Crippen molar-refractivity contribution in [1.82, 2.24) is 4.98 Å². The van der Waals surface area contributed by atoms with Crippen molar-refractivity contribution in [3.63, 3.8) is 0 Å². The lowest BCUT2D eigenvalue weighted by Gasteiger charge is -2.03. The lowest BCUT2D eigenvalue weighted by molar-refractivity contribution is 0.198. The Kier molecular flexibility index (Phi) is 2.91. The van der Waals surface area contributed by atoms with Crippen molar-refractivity contribution in [1.29, 1.82) is 0 Å². The highest BCUT2D eigenvalue weighted by Crippen LogP contribution is 2.15. The van der Waals surface area contributed by atoms with Crippen molar-refractivity contribution in [2.75, 3.05) is 6.26 Å².